The third-order valence-electron chi connectivity index (χ3n) is 6.08. The minimum atomic E-state index is -3.02. The molecule has 2 aromatic carbocycles. The summed E-state index contributed by atoms with van der Waals surface area (Å²) in [5.41, 5.74) is 2.60. The molecular formula is C24H29F2N3O. The Morgan fingerprint density at radius 1 is 1.17 bits per heavy atom. The maximum Gasteiger partial charge on any atom is 0.274 e. The largest absolute Gasteiger partial charge is 0.457 e. The molecule has 1 aliphatic rings. The molecule has 2 N–H and O–H groups in total. The van der Waals surface area contributed by atoms with Crippen molar-refractivity contribution in [3.05, 3.63) is 53.9 Å². The zero-order chi connectivity index (χ0) is 21.4. The van der Waals surface area contributed by atoms with Gasteiger partial charge in [0, 0.05) is 25.6 Å². The van der Waals surface area contributed by atoms with Crippen molar-refractivity contribution in [2.75, 3.05) is 0 Å². The Hall–Kier alpha value is -2.47. The van der Waals surface area contributed by atoms with Gasteiger partial charge < -0.3 is 15.0 Å². The molecule has 0 spiro atoms. The number of fused-ring (bicyclic) bond motifs is 1. The van der Waals surface area contributed by atoms with Gasteiger partial charge in [-0.25, -0.2) is 13.8 Å². The predicted molar refractivity (Wildman–Crippen MR) is 115 cm³/mol. The molecule has 4 nitrogen and oxygen atoms in total. The summed E-state index contributed by atoms with van der Waals surface area (Å²) < 4.78 is 34.1. The van der Waals surface area contributed by atoms with E-state index in [4.69, 9.17) is 4.74 Å². The van der Waals surface area contributed by atoms with Crippen LogP contribution in [0.1, 0.15) is 57.6 Å². The summed E-state index contributed by atoms with van der Waals surface area (Å²) in [6.45, 7) is 6.35. The summed E-state index contributed by atoms with van der Waals surface area (Å²) in [6.07, 6.45) is 6.40. The highest BCUT2D eigenvalue weighted by Crippen LogP contribution is 2.39. The van der Waals surface area contributed by atoms with E-state index in [0.29, 0.717) is 28.2 Å². The van der Waals surface area contributed by atoms with Crippen LogP contribution in [-0.2, 0) is 12.5 Å². The highest BCUT2D eigenvalue weighted by Gasteiger charge is 2.30. The van der Waals surface area contributed by atoms with Gasteiger partial charge in [0.05, 0.1) is 22.9 Å². The first-order chi connectivity index (χ1) is 14.2. The fraction of sp³-hybridized carbons (Fsp3) is 0.458. The second-order valence-electron chi connectivity index (χ2n) is 9.22. The Balaban J connectivity index is 1.42. The van der Waals surface area contributed by atoms with Crippen LogP contribution in [0, 0.1) is 5.41 Å². The van der Waals surface area contributed by atoms with Crippen molar-refractivity contribution in [2.45, 2.75) is 65.0 Å². The number of benzene rings is 2. The molecular weight excluding hydrogens is 384 g/mol. The Kier molecular flexibility index (Phi) is 5.53. The molecule has 1 aromatic heterocycles. The lowest BCUT2D eigenvalue weighted by molar-refractivity contribution is 0.0156. The molecule has 30 heavy (non-hydrogen) atoms. The molecule has 1 saturated carbocycles. The molecule has 0 radical (unpaired) electrons. The summed E-state index contributed by atoms with van der Waals surface area (Å²) in [5, 5.41) is 3.64. The van der Waals surface area contributed by atoms with Crippen molar-refractivity contribution in [1.82, 2.24) is 15.3 Å². The monoisotopic (exact) mass is 413 g/mol. The Labute approximate surface area is 176 Å². The maximum absolute atomic E-state index is 14.1. The van der Waals surface area contributed by atoms with Gasteiger partial charge in [-0.1, -0.05) is 26.0 Å². The van der Waals surface area contributed by atoms with Crippen LogP contribution in [0.5, 0.6) is 11.5 Å². The second kappa shape index (κ2) is 7.99. The van der Waals surface area contributed by atoms with Crippen molar-refractivity contribution in [3.8, 4) is 11.5 Å². The topological polar surface area (TPSA) is 49.9 Å². The van der Waals surface area contributed by atoms with Crippen molar-refractivity contribution >= 4 is 11.0 Å². The molecule has 0 aliphatic heterocycles. The number of aromatic amines is 1. The lowest BCUT2D eigenvalue weighted by atomic mass is 9.75. The van der Waals surface area contributed by atoms with Crippen LogP contribution in [0.25, 0.3) is 11.0 Å². The molecule has 0 bridgehead atoms. The number of ether oxygens (including phenoxy) is 1. The fourth-order valence-corrected chi connectivity index (χ4v) is 4.06. The average molecular weight is 414 g/mol. The minimum Gasteiger partial charge on any atom is -0.457 e. The lowest BCUT2D eigenvalue weighted by Crippen LogP contribution is -2.35. The molecule has 0 amide bonds. The number of H-pyrrole nitrogens is 1. The number of nitrogens with zero attached hydrogens (tertiary/aromatic N) is 1. The third-order valence-corrected chi connectivity index (χ3v) is 6.08. The van der Waals surface area contributed by atoms with Crippen molar-refractivity contribution < 1.29 is 13.5 Å². The Morgan fingerprint density at radius 2 is 1.87 bits per heavy atom. The van der Waals surface area contributed by atoms with E-state index < -0.39 is 5.92 Å². The maximum atomic E-state index is 14.1. The SMILES string of the molecule is CC1(C)CCC(NCc2ccc(Oc3cc4nc[nH]c4cc3C(C)(F)F)cc2)CC1. The van der Waals surface area contributed by atoms with E-state index >= 15 is 0 Å². The van der Waals surface area contributed by atoms with Crippen LogP contribution in [-0.4, -0.2) is 16.0 Å². The zero-order valence-corrected chi connectivity index (χ0v) is 17.8. The number of hydrogen-bond donors (Lipinski definition) is 2. The molecule has 1 fully saturated rings. The molecule has 4 rings (SSSR count). The minimum absolute atomic E-state index is 0.123. The quantitative estimate of drug-likeness (QED) is 0.483. The van der Waals surface area contributed by atoms with Crippen LogP contribution < -0.4 is 10.1 Å². The van der Waals surface area contributed by atoms with Crippen LogP contribution >= 0.6 is 0 Å². The van der Waals surface area contributed by atoms with E-state index in [1.807, 2.05) is 24.3 Å². The number of nitrogens with one attached hydrogen (secondary N) is 2. The van der Waals surface area contributed by atoms with Gasteiger partial charge in [0.1, 0.15) is 11.5 Å². The van der Waals surface area contributed by atoms with Gasteiger partial charge in [0.15, 0.2) is 0 Å². The standard InChI is InChI=1S/C24H29F2N3O/c1-23(2)10-8-17(9-11-23)27-14-16-4-6-18(7-5-16)30-22-13-21-20(28-15-29-21)12-19(22)24(3,25)26/h4-7,12-13,15,17,27H,8-11,14H2,1-3H3,(H,28,29). The number of imidazole rings is 1. The number of halogens is 2. The fourth-order valence-electron chi connectivity index (χ4n) is 4.06. The first kappa shape index (κ1) is 20.8. The van der Waals surface area contributed by atoms with Gasteiger partial charge in [-0.15, -0.1) is 0 Å². The summed E-state index contributed by atoms with van der Waals surface area (Å²) in [5.74, 6) is -2.37. The highest BCUT2D eigenvalue weighted by atomic mass is 19.3. The summed E-state index contributed by atoms with van der Waals surface area (Å²) in [4.78, 5) is 7.02. The summed E-state index contributed by atoms with van der Waals surface area (Å²) >= 11 is 0. The number of rotatable bonds is 6. The molecule has 1 heterocycles. The molecule has 1 aliphatic carbocycles. The van der Waals surface area contributed by atoms with Gasteiger partial charge in [-0.3, -0.25) is 0 Å². The Bertz CT molecular complexity index is 995. The average Bonchev–Trinajstić information content (AvgIpc) is 3.14. The van der Waals surface area contributed by atoms with Gasteiger partial charge >= 0.3 is 0 Å². The molecule has 0 unspecified atom stereocenters. The molecule has 160 valence electrons. The summed E-state index contributed by atoms with van der Waals surface area (Å²) in [6, 6.07) is 11.1. The van der Waals surface area contributed by atoms with Crippen molar-refractivity contribution in [2.24, 2.45) is 5.41 Å². The van der Waals surface area contributed by atoms with Crippen LogP contribution in [0.4, 0.5) is 8.78 Å². The number of aromatic nitrogens is 2. The van der Waals surface area contributed by atoms with E-state index in [2.05, 4.69) is 29.1 Å². The van der Waals surface area contributed by atoms with E-state index in [1.165, 1.54) is 38.1 Å². The first-order valence-corrected chi connectivity index (χ1v) is 10.6. The van der Waals surface area contributed by atoms with Gasteiger partial charge in [-0.2, -0.15) is 0 Å². The van der Waals surface area contributed by atoms with Crippen LogP contribution in [0.15, 0.2) is 42.7 Å². The zero-order valence-electron chi connectivity index (χ0n) is 17.8. The molecule has 0 saturated heterocycles. The summed E-state index contributed by atoms with van der Waals surface area (Å²) in [7, 11) is 0. The Morgan fingerprint density at radius 3 is 2.53 bits per heavy atom. The van der Waals surface area contributed by atoms with E-state index in [9.17, 15) is 8.78 Å². The normalized spacial score (nSPS) is 17.4. The van der Waals surface area contributed by atoms with Crippen LogP contribution in [0.3, 0.4) is 0 Å². The lowest BCUT2D eigenvalue weighted by Gasteiger charge is -2.34. The second-order valence-corrected chi connectivity index (χ2v) is 9.22. The predicted octanol–water partition coefficient (Wildman–Crippen LogP) is 6.53. The third kappa shape index (κ3) is 4.81. The van der Waals surface area contributed by atoms with E-state index in [0.717, 1.165) is 19.0 Å². The van der Waals surface area contributed by atoms with Crippen LogP contribution in [0.2, 0.25) is 0 Å². The van der Waals surface area contributed by atoms with Gasteiger partial charge in [-0.05, 0) is 54.9 Å². The van der Waals surface area contributed by atoms with Crippen molar-refractivity contribution in [1.29, 1.82) is 0 Å². The van der Waals surface area contributed by atoms with Gasteiger partial charge in [0.2, 0.25) is 0 Å². The highest BCUT2D eigenvalue weighted by molar-refractivity contribution is 5.78. The molecule has 3 aromatic rings. The van der Waals surface area contributed by atoms with E-state index in [1.54, 1.807) is 6.07 Å². The molecule has 6 heteroatoms. The van der Waals surface area contributed by atoms with Gasteiger partial charge in [0.25, 0.3) is 5.92 Å². The molecule has 0 atom stereocenters. The first-order valence-electron chi connectivity index (χ1n) is 10.6. The number of hydrogen-bond acceptors (Lipinski definition) is 3. The van der Waals surface area contributed by atoms with E-state index in [-0.39, 0.29) is 11.3 Å². The number of alkyl halides is 2. The van der Waals surface area contributed by atoms with Crippen molar-refractivity contribution in [3.63, 3.8) is 0 Å². The smallest absolute Gasteiger partial charge is 0.274 e.